The number of aliphatic hydroxyl groups excluding tert-OH is 1. The molecule has 0 aromatic rings. The Morgan fingerprint density at radius 3 is 2.43 bits per heavy atom. The Hall–Kier alpha value is -0.610. The Labute approximate surface area is 85.6 Å². The van der Waals surface area contributed by atoms with E-state index in [0.29, 0.717) is 0 Å². The van der Waals surface area contributed by atoms with E-state index >= 15 is 0 Å². The number of rotatable bonds is 7. The molecular formula is C10H21NO3. The fourth-order valence-electron chi connectivity index (χ4n) is 1.27. The number of amides is 1. The molecule has 0 aliphatic heterocycles. The van der Waals surface area contributed by atoms with Crippen LogP contribution in [0.3, 0.4) is 0 Å². The fraction of sp³-hybridized carbons (Fsp3) is 0.900. The summed E-state index contributed by atoms with van der Waals surface area (Å²) < 4.78 is 4.75. The number of nitrogens with one attached hydrogen (secondary N) is 1. The molecule has 0 spiro atoms. The van der Waals surface area contributed by atoms with Crippen molar-refractivity contribution in [2.75, 3.05) is 20.3 Å². The molecular weight excluding hydrogens is 182 g/mol. The summed E-state index contributed by atoms with van der Waals surface area (Å²) in [5.74, 6) is 0.0786. The molecule has 0 aromatic carbocycles. The van der Waals surface area contributed by atoms with E-state index in [1.54, 1.807) is 0 Å². The minimum atomic E-state index is -0.613. The van der Waals surface area contributed by atoms with Gasteiger partial charge in [-0.05, 0) is 12.8 Å². The highest BCUT2D eigenvalue weighted by molar-refractivity contribution is 5.78. The van der Waals surface area contributed by atoms with E-state index in [1.807, 2.05) is 13.8 Å². The summed E-state index contributed by atoms with van der Waals surface area (Å²) in [6, 6.07) is 0. The zero-order valence-electron chi connectivity index (χ0n) is 9.25. The quantitative estimate of drug-likeness (QED) is 0.635. The molecule has 0 saturated carbocycles. The fourth-order valence-corrected chi connectivity index (χ4v) is 1.27. The van der Waals surface area contributed by atoms with E-state index in [1.165, 1.54) is 7.11 Å². The van der Waals surface area contributed by atoms with Crippen molar-refractivity contribution >= 4 is 5.91 Å². The molecule has 1 amide bonds. The van der Waals surface area contributed by atoms with Crippen LogP contribution in [-0.2, 0) is 9.53 Å². The van der Waals surface area contributed by atoms with Gasteiger partial charge in [0.2, 0.25) is 5.91 Å². The first kappa shape index (κ1) is 13.4. The van der Waals surface area contributed by atoms with Gasteiger partial charge >= 0.3 is 0 Å². The first-order valence-corrected chi connectivity index (χ1v) is 5.10. The molecule has 4 heteroatoms. The SMILES string of the molecule is CCC(CC)C(=O)NCC(O)COC. The van der Waals surface area contributed by atoms with Crippen LogP contribution in [0.25, 0.3) is 0 Å². The molecule has 0 bridgehead atoms. The van der Waals surface area contributed by atoms with Crippen LogP contribution in [0.5, 0.6) is 0 Å². The van der Waals surface area contributed by atoms with Crippen LogP contribution in [0.2, 0.25) is 0 Å². The molecule has 0 rings (SSSR count). The zero-order valence-corrected chi connectivity index (χ0v) is 9.25. The van der Waals surface area contributed by atoms with Crippen molar-refractivity contribution in [2.45, 2.75) is 32.8 Å². The van der Waals surface area contributed by atoms with Gasteiger partial charge in [-0.15, -0.1) is 0 Å². The number of ether oxygens (including phenoxy) is 1. The highest BCUT2D eigenvalue weighted by Crippen LogP contribution is 2.06. The Balaban J connectivity index is 3.71. The highest BCUT2D eigenvalue weighted by Gasteiger charge is 2.14. The van der Waals surface area contributed by atoms with E-state index in [-0.39, 0.29) is 25.0 Å². The van der Waals surface area contributed by atoms with Gasteiger partial charge in [0.25, 0.3) is 0 Å². The van der Waals surface area contributed by atoms with Gasteiger partial charge in [0.05, 0.1) is 12.7 Å². The van der Waals surface area contributed by atoms with Gasteiger partial charge in [-0.1, -0.05) is 13.8 Å². The number of hydrogen-bond donors (Lipinski definition) is 2. The lowest BCUT2D eigenvalue weighted by molar-refractivity contribution is -0.125. The maximum absolute atomic E-state index is 11.5. The van der Waals surface area contributed by atoms with Gasteiger partial charge in [0, 0.05) is 19.6 Å². The summed E-state index contributed by atoms with van der Waals surface area (Å²) in [6.07, 6.45) is 1.06. The Morgan fingerprint density at radius 1 is 1.43 bits per heavy atom. The molecule has 2 N–H and O–H groups in total. The van der Waals surface area contributed by atoms with Crippen LogP contribution in [0.4, 0.5) is 0 Å². The van der Waals surface area contributed by atoms with Crippen molar-refractivity contribution in [3.63, 3.8) is 0 Å². The van der Waals surface area contributed by atoms with Gasteiger partial charge in [0.15, 0.2) is 0 Å². The Bertz CT molecular complexity index is 157. The molecule has 0 aliphatic rings. The van der Waals surface area contributed by atoms with Crippen LogP contribution in [-0.4, -0.2) is 37.4 Å². The molecule has 0 aliphatic carbocycles. The van der Waals surface area contributed by atoms with Crippen molar-refractivity contribution in [3.8, 4) is 0 Å². The molecule has 0 heterocycles. The number of aliphatic hydroxyl groups is 1. The highest BCUT2D eigenvalue weighted by atomic mass is 16.5. The predicted molar refractivity (Wildman–Crippen MR) is 55.0 cm³/mol. The van der Waals surface area contributed by atoms with Crippen molar-refractivity contribution in [2.24, 2.45) is 5.92 Å². The lowest BCUT2D eigenvalue weighted by Gasteiger charge is -2.15. The molecule has 0 saturated heterocycles. The molecule has 0 aromatic heterocycles. The zero-order chi connectivity index (χ0) is 11.0. The standard InChI is InChI=1S/C10H21NO3/c1-4-8(5-2)10(13)11-6-9(12)7-14-3/h8-9,12H,4-7H2,1-3H3,(H,11,13). The van der Waals surface area contributed by atoms with Crippen molar-refractivity contribution in [3.05, 3.63) is 0 Å². The number of hydrogen-bond acceptors (Lipinski definition) is 3. The first-order chi connectivity index (χ1) is 6.65. The molecule has 0 radical (unpaired) electrons. The van der Waals surface area contributed by atoms with E-state index in [4.69, 9.17) is 4.74 Å². The minimum Gasteiger partial charge on any atom is -0.389 e. The summed E-state index contributed by atoms with van der Waals surface area (Å²) >= 11 is 0. The molecule has 1 atom stereocenters. The third-order valence-corrected chi connectivity index (χ3v) is 2.23. The smallest absolute Gasteiger partial charge is 0.223 e. The second-order valence-electron chi connectivity index (χ2n) is 3.37. The molecule has 14 heavy (non-hydrogen) atoms. The summed E-state index contributed by atoms with van der Waals surface area (Å²) in [7, 11) is 1.52. The van der Waals surface area contributed by atoms with Gasteiger partial charge in [-0.25, -0.2) is 0 Å². The summed E-state index contributed by atoms with van der Waals surface area (Å²) in [6.45, 7) is 4.49. The van der Waals surface area contributed by atoms with E-state index in [2.05, 4.69) is 5.32 Å². The van der Waals surface area contributed by atoms with E-state index < -0.39 is 6.10 Å². The van der Waals surface area contributed by atoms with Crippen LogP contribution in [0.15, 0.2) is 0 Å². The predicted octanol–water partition coefficient (Wildman–Crippen LogP) is 0.546. The molecule has 1 unspecified atom stereocenters. The average molecular weight is 203 g/mol. The van der Waals surface area contributed by atoms with E-state index in [9.17, 15) is 9.90 Å². The third-order valence-electron chi connectivity index (χ3n) is 2.23. The maximum Gasteiger partial charge on any atom is 0.223 e. The maximum atomic E-state index is 11.5. The topological polar surface area (TPSA) is 58.6 Å². The van der Waals surface area contributed by atoms with Gasteiger partial charge < -0.3 is 15.2 Å². The van der Waals surface area contributed by atoms with E-state index in [0.717, 1.165) is 12.8 Å². The van der Waals surface area contributed by atoms with Gasteiger partial charge in [-0.2, -0.15) is 0 Å². The minimum absolute atomic E-state index is 0.0187. The average Bonchev–Trinajstić information content (AvgIpc) is 2.17. The Kier molecular flexibility index (Phi) is 7.42. The van der Waals surface area contributed by atoms with Crippen molar-refractivity contribution in [1.82, 2.24) is 5.32 Å². The first-order valence-electron chi connectivity index (χ1n) is 5.10. The number of carbonyl (C=O) groups is 1. The molecule has 0 fully saturated rings. The second-order valence-corrected chi connectivity index (χ2v) is 3.37. The summed E-state index contributed by atoms with van der Waals surface area (Å²) in [4.78, 5) is 11.5. The van der Waals surface area contributed by atoms with Crippen molar-refractivity contribution < 1.29 is 14.6 Å². The van der Waals surface area contributed by atoms with Crippen LogP contribution < -0.4 is 5.32 Å². The van der Waals surface area contributed by atoms with Crippen LogP contribution >= 0.6 is 0 Å². The van der Waals surface area contributed by atoms with Crippen LogP contribution in [0, 0.1) is 5.92 Å². The van der Waals surface area contributed by atoms with Crippen molar-refractivity contribution in [1.29, 1.82) is 0 Å². The van der Waals surface area contributed by atoms with Gasteiger partial charge in [-0.3, -0.25) is 4.79 Å². The molecule has 84 valence electrons. The molecule has 4 nitrogen and oxygen atoms in total. The summed E-state index contributed by atoms with van der Waals surface area (Å²) in [5, 5.41) is 12.0. The Morgan fingerprint density at radius 2 is 2.00 bits per heavy atom. The number of carbonyl (C=O) groups excluding carboxylic acids is 1. The summed E-state index contributed by atoms with van der Waals surface area (Å²) in [5.41, 5.74) is 0. The lowest BCUT2D eigenvalue weighted by atomic mass is 10.0. The monoisotopic (exact) mass is 203 g/mol. The number of methoxy groups -OCH3 is 1. The third kappa shape index (κ3) is 5.19. The normalized spacial score (nSPS) is 12.9. The largest absolute Gasteiger partial charge is 0.389 e. The van der Waals surface area contributed by atoms with Gasteiger partial charge in [0.1, 0.15) is 0 Å². The second kappa shape index (κ2) is 7.76. The van der Waals surface area contributed by atoms with Crippen LogP contribution in [0.1, 0.15) is 26.7 Å². The lowest BCUT2D eigenvalue weighted by Crippen LogP contribution is -2.37.